The summed E-state index contributed by atoms with van der Waals surface area (Å²) in [5, 5.41) is 0. The molecule has 0 unspecified atom stereocenters. The third-order valence-electron chi connectivity index (χ3n) is 3.96. The minimum absolute atomic E-state index is 0.0186. The summed E-state index contributed by atoms with van der Waals surface area (Å²) in [5.41, 5.74) is 1.11. The number of rotatable bonds is 3. The molecule has 3 heteroatoms. The first-order valence-corrected chi connectivity index (χ1v) is 6.37. The van der Waals surface area contributed by atoms with E-state index in [1.54, 1.807) is 0 Å². The van der Waals surface area contributed by atoms with E-state index in [0.29, 0.717) is 6.54 Å². The van der Waals surface area contributed by atoms with Gasteiger partial charge in [-0.1, -0.05) is 37.3 Å². The van der Waals surface area contributed by atoms with E-state index in [2.05, 4.69) is 0 Å². The zero-order valence-corrected chi connectivity index (χ0v) is 11.1. The minimum Gasteiger partial charge on any atom is -0.335 e. The number of hydrogen-bond acceptors (Lipinski definition) is 2. The molecule has 0 radical (unpaired) electrons. The van der Waals surface area contributed by atoms with Gasteiger partial charge >= 0.3 is 0 Å². The Balaban J connectivity index is 2.19. The van der Waals surface area contributed by atoms with Gasteiger partial charge < -0.3 is 4.90 Å². The summed E-state index contributed by atoms with van der Waals surface area (Å²) in [6.07, 6.45) is 0. The SMILES string of the molecule is CC(=O)[C@H]1C(=O)N(Cc2ccccc2)[C@H](C)[C@@H]1C. The summed E-state index contributed by atoms with van der Waals surface area (Å²) in [6.45, 7) is 6.11. The second-order valence-electron chi connectivity index (χ2n) is 5.14. The fourth-order valence-corrected chi connectivity index (χ4v) is 2.71. The highest BCUT2D eigenvalue weighted by atomic mass is 16.2. The lowest BCUT2D eigenvalue weighted by Gasteiger charge is -2.23. The summed E-state index contributed by atoms with van der Waals surface area (Å²) in [7, 11) is 0. The lowest BCUT2D eigenvalue weighted by Crippen LogP contribution is -2.32. The largest absolute Gasteiger partial charge is 0.335 e. The third kappa shape index (κ3) is 2.17. The average Bonchev–Trinajstić information content (AvgIpc) is 2.55. The highest BCUT2D eigenvalue weighted by Gasteiger charge is 2.45. The molecule has 3 atom stereocenters. The number of carbonyl (C=O) groups is 2. The van der Waals surface area contributed by atoms with Crippen LogP contribution in [0.4, 0.5) is 0 Å². The highest BCUT2D eigenvalue weighted by molar-refractivity contribution is 6.02. The summed E-state index contributed by atoms with van der Waals surface area (Å²) in [6, 6.07) is 10.0. The van der Waals surface area contributed by atoms with Crippen molar-refractivity contribution in [2.75, 3.05) is 0 Å². The molecule has 18 heavy (non-hydrogen) atoms. The molecular formula is C15H19NO2. The van der Waals surface area contributed by atoms with Crippen LogP contribution in [-0.2, 0) is 16.1 Å². The molecule has 0 N–H and O–H groups in total. The molecule has 1 aliphatic heterocycles. The number of carbonyl (C=O) groups excluding carboxylic acids is 2. The van der Waals surface area contributed by atoms with E-state index in [9.17, 15) is 9.59 Å². The van der Waals surface area contributed by atoms with Crippen molar-refractivity contribution in [3.8, 4) is 0 Å². The zero-order valence-electron chi connectivity index (χ0n) is 11.1. The molecule has 2 rings (SSSR count). The maximum Gasteiger partial charge on any atom is 0.234 e. The van der Waals surface area contributed by atoms with Gasteiger partial charge in [0.25, 0.3) is 0 Å². The number of ketones is 1. The Morgan fingerprint density at radius 3 is 2.33 bits per heavy atom. The van der Waals surface area contributed by atoms with E-state index < -0.39 is 5.92 Å². The van der Waals surface area contributed by atoms with Crippen molar-refractivity contribution in [2.24, 2.45) is 11.8 Å². The van der Waals surface area contributed by atoms with Gasteiger partial charge in [-0.05, 0) is 25.3 Å². The van der Waals surface area contributed by atoms with Crippen LogP contribution >= 0.6 is 0 Å². The van der Waals surface area contributed by atoms with Gasteiger partial charge in [0.2, 0.25) is 5.91 Å². The van der Waals surface area contributed by atoms with Gasteiger partial charge in [-0.25, -0.2) is 0 Å². The molecule has 1 amide bonds. The van der Waals surface area contributed by atoms with Crippen molar-refractivity contribution in [1.82, 2.24) is 4.90 Å². The Morgan fingerprint density at radius 1 is 1.22 bits per heavy atom. The molecule has 1 aromatic carbocycles. The molecule has 1 heterocycles. The number of Topliss-reactive ketones (excluding diaryl/α,β-unsaturated/α-hetero) is 1. The molecule has 0 bridgehead atoms. The number of nitrogens with zero attached hydrogens (tertiary/aromatic N) is 1. The van der Waals surface area contributed by atoms with Crippen LogP contribution < -0.4 is 0 Å². The second kappa shape index (κ2) is 4.92. The predicted molar refractivity (Wildman–Crippen MR) is 69.8 cm³/mol. The summed E-state index contributed by atoms with van der Waals surface area (Å²) < 4.78 is 0. The van der Waals surface area contributed by atoms with Crippen LogP contribution in [0.15, 0.2) is 30.3 Å². The number of hydrogen-bond donors (Lipinski definition) is 0. The minimum atomic E-state index is -0.455. The smallest absolute Gasteiger partial charge is 0.234 e. The van der Waals surface area contributed by atoms with Gasteiger partial charge in [0.1, 0.15) is 11.7 Å². The van der Waals surface area contributed by atoms with E-state index in [0.717, 1.165) is 5.56 Å². The summed E-state index contributed by atoms with van der Waals surface area (Å²) in [4.78, 5) is 25.7. The lowest BCUT2D eigenvalue weighted by atomic mass is 9.90. The molecule has 0 aliphatic carbocycles. The monoisotopic (exact) mass is 245 g/mol. The van der Waals surface area contributed by atoms with E-state index in [1.165, 1.54) is 6.92 Å². The Bertz CT molecular complexity index is 455. The molecule has 0 saturated carbocycles. The van der Waals surface area contributed by atoms with Crippen LogP contribution in [0.5, 0.6) is 0 Å². The molecule has 1 saturated heterocycles. The quantitative estimate of drug-likeness (QED) is 0.766. The van der Waals surface area contributed by atoms with Crippen molar-refractivity contribution in [2.45, 2.75) is 33.4 Å². The Hall–Kier alpha value is -1.64. The van der Waals surface area contributed by atoms with Gasteiger partial charge in [-0.3, -0.25) is 9.59 Å². The second-order valence-corrected chi connectivity index (χ2v) is 5.14. The molecule has 96 valence electrons. The van der Waals surface area contributed by atoms with Crippen LogP contribution in [0.2, 0.25) is 0 Å². The van der Waals surface area contributed by atoms with E-state index in [4.69, 9.17) is 0 Å². The standard InChI is InChI=1S/C15H19NO2/c1-10-11(2)16(15(18)14(10)12(3)17)9-13-7-5-4-6-8-13/h4-8,10-11,14H,9H2,1-3H3/t10-,11+,14-/m0/s1. The van der Waals surface area contributed by atoms with E-state index in [1.807, 2.05) is 49.1 Å². The van der Waals surface area contributed by atoms with Gasteiger partial charge in [0, 0.05) is 12.6 Å². The van der Waals surface area contributed by atoms with Crippen LogP contribution in [0.1, 0.15) is 26.3 Å². The maximum atomic E-state index is 12.3. The van der Waals surface area contributed by atoms with Crippen LogP contribution in [0.3, 0.4) is 0 Å². The third-order valence-corrected chi connectivity index (χ3v) is 3.96. The van der Waals surface area contributed by atoms with Crippen molar-refractivity contribution >= 4 is 11.7 Å². The van der Waals surface area contributed by atoms with Crippen molar-refractivity contribution in [1.29, 1.82) is 0 Å². The maximum absolute atomic E-state index is 12.3. The Kier molecular flexibility index (Phi) is 3.50. The first-order chi connectivity index (χ1) is 8.52. The van der Waals surface area contributed by atoms with Crippen LogP contribution in [0, 0.1) is 11.8 Å². The zero-order chi connectivity index (χ0) is 13.3. The van der Waals surface area contributed by atoms with Crippen molar-refractivity contribution in [3.63, 3.8) is 0 Å². The van der Waals surface area contributed by atoms with Gasteiger partial charge in [0.05, 0.1) is 0 Å². The topological polar surface area (TPSA) is 37.4 Å². The van der Waals surface area contributed by atoms with Crippen LogP contribution in [0.25, 0.3) is 0 Å². The summed E-state index contributed by atoms with van der Waals surface area (Å²) >= 11 is 0. The fourth-order valence-electron chi connectivity index (χ4n) is 2.71. The molecule has 0 aromatic heterocycles. The van der Waals surface area contributed by atoms with E-state index in [-0.39, 0.29) is 23.7 Å². The predicted octanol–water partition coefficient (Wildman–Crippen LogP) is 2.26. The van der Waals surface area contributed by atoms with Gasteiger partial charge in [-0.15, -0.1) is 0 Å². The summed E-state index contributed by atoms with van der Waals surface area (Å²) in [5.74, 6) is -0.399. The fraction of sp³-hybridized carbons (Fsp3) is 0.467. The molecule has 1 aromatic rings. The first-order valence-electron chi connectivity index (χ1n) is 6.37. The Labute approximate surface area is 108 Å². The average molecular weight is 245 g/mol. The molecule has 3 nitrogen and oxygen atoms in total. The number of likely N-dealkylation sites (tertiary alicyclic amines) is 1. The molecule has 0 spiro atoms. The van der Waals surface area contributed by atoms with Crippen LogP contribution in [-0.4, -0.2) is 22.6 Å². The number of benzene rings is 1. The lowest BCUT2D eigenvalue weighted by molar-refractivity contribution is -0.137. The van der Waals surface area contributed by atoms with Gasteiger partial charge in [0.15, 0.2) is 0 Å². The molecule has 1 fully saturated rings. The van der Waals surface area contributed by atoms with Crippen molar-refractivity contribution < 1.29 is 9.59 Å². The van der Waals surface area contributed by atoms with Gasteiger partial charge in [-0.2, -0.15) is 0 Å². The van der Waals surface area contributed by atoms with E-state index >= 15 is 0 Å². The normalized spacial score (nSPS) is 27.6. The first kappa shape index (κ1) is 12.8. The number of amides is 1. The molecule has 1 aliphatic rings. The molecular weight excluding hydrogens is 226 g/mol. The Morgan fingerprint density at radius 2 is 1.83 bits per heavy atom. The van der Waals surface area contributed by atoms with Crippen molar-refractivity contribution in [3.05, 3.63) is 35.9 Å². The highest BCUT2D eigenvalue weighted by Crippen LogP contribution is 2.32.